The number of rotatable bonds is 8. The van der Waals surface area contributed by atoms with Crippen LogP contribution in [0.5, 0.6) is 5.75 Å². The zero-order valence-electron chi connectivity index (χ0n) is 16.5. The number of amides is 1. The lowest BCUT2D eigenvalue weighted by Gasteiger charge is -2.13. The maximum atomic E-state index is 12.2. The Bertz CT molecular complexity index is 1160. The number of para-hydroxylation sites is 1. The number of sulfonamides is 1. The summed E-state index contributed by atoms with van der Waals surface area (Å²) in [7, 11) is -3.83. The molecule has 3 aromatic rings. The molecule has 2 aromatic carbocycles. The van der Waals surface area contributed by atoms with Crippen LogP contribution in [0.25, 0.3) is 0 Å². The topological polar surface area (TPSA) is 138 Å². The number of primary sulfonamides is 1. The SMILES string of the molecule is CC(OC(=O)c1ccc(COc2ccccc2)o1)C(=O)Nc1ccc(S(N)(=O)=O)cc1. The monoisotopic (exact) mass is 444 g/mol. The van der Waals surface area contributed by atoms with Gasteiger partial charge in [-0.1, -0.05) is 18.2 Å². The fourth-order valence-corrected chi connectivity index (χ4v) is 3.00. The lowest BCUT2D eigenvalue weighted by Crippen LogP contribution is -2.29. The lowest BCUT2D eigenvalue weighted by molar-refractivity contribution is -0.123. The van der Waals surface area contributed by atoms with Crippen molar-refractivity contribution in [2.24, 2.45) is 5.14 Å². The summed E-state index contributed by atoms with van der Waals surface area (Å²) < 4.78 is 38.6. The molecule has 1 amide bonds. The van der Waals surface area contributed by atoms with Crippen molar-refractivity contribution in [1.82, 2.24) is 0 Å². The highest BCUT2D eigenvalue weighted by Gasteiger charge is 2.21. The first-order valence-corrected chi connectivity index (χ1v) is 10.7. The maximum Gasteiger partial charge on any atom is 0.375 e. The summed E-state index contributed by atoms with van der Waals surface area (Å²) in [6, 6.07) is 17.4. The van der Waals surface area contributed by atoms with E-state index in [1.54, 1.807) is 18.2 Å². The molecule has 0 aliphatic carbocycles. The number of nitrogens with one attached hydrogen (secondary N) is 1. The predicted octanol–water partition coefficient (Wildman–Crippen LogP) is 2.69. The highest BCUT2D eigenvalue weighted by Crippen LogP contribution is 2.16. The largest absolute Gasteiger partial charge is 0.486 e. The quantitative estimate of drug-likeness (QED) is 0.509. The Morgan fingerprint density at radius 2 is 1.71 bits per heavy atom. The van der Waals surface area contributed by atoms with Gasteiger partial charge in [0.15, 0.2) is 6.10 Å². The highest BCUT2D eigenvalue weighted by atomic mass is 32.2. The number of ether oxygens (including phenoxy) is 2. The Hall–Kier alpha value is -3.63. The molecule has 0 fully saturated rings. The van der Waals surface area contributed by atoms with Crippen LogP contribution in [0.2, 0.25) is 0 Å². The summed E-state index contributed by atoms with van der Waals surface area (Å²) in [6.45, 7) is 1.52. The highest BCUT2D eigenvalue weighted by molar-refractivity contribution is 7.89. The Morgan fingerprint density at radius 1 is 1.03 bits per heavy atom. The molecule has 3 rings (SSSR count). The molecular formula is C21H20N2O7S. The predicted molar refractivity (Wildman–Crippen MR) is 111 cm³/mol. The Kier molecular flexibility index (Phi) is 6.73. The second-order valence-corrected chi connectivity index (χ2v) is 8.04. The Labute approximate surface area is 178 Å². The number of carbonyl (C=O) groups excluding carboxylic acids is 2. The van der Waals surface area contributed by atoms with Gasteiger partial charge in [0.05, 0.1) is 4.90 Å². The van der Waals surface area contributed by atoms with Gasteiger partial charge in [-0.05, 0) is 55.5 Å². The van der Waals surface area contributed by atoms with E-state index in [-0.39, 0.29) is 17.3 Å². The summed E-state index contributed by atoms with van der Waals surface area (Å²) in [5.41, 5.74) is 0.318. The fraction of sp³-hybridized carbons (Fsp3) is 0.143. The van der Waals surface area contributed by atoms with Gasteiger partial charge in [0, 0.05) is 5.69 Å². The molecule has 31 heavy (non-hydrogen) atoms. The first kappa shape index (κ1) is 22.1. The molecule has 9 nitrogen and oxygen atoms in total. The minimum absolute atomic E-state index is 0.0659. The number of hydrogen-bond acceptors (Lipinski definition) is 7. The number of hydrogen-bond donors (Lipinski definition) is 2. The first-order valence-electron chi connectivity index (χ1n) is 9.13. The van der Waals surface area contributed by atoms with E-state index in [1.165, 1.54) is 37.3 Å². The van der Waals surface area contributed by atoms with Gasteiger partial charge in [0.1, 0.15) is 18.1 Å². The molecule has 162 valence electrons. The van der Waals surface area contributed by atoms with Crippen LogP contribution in [0, 0.1) is 0 Å². The standard InChI is InChI=1S/C21H20N2O7S/c1-14(20(24)23-15-7-10-18(11-8-15)31(22,26)27)29-21(25)19-12-9-17(30-19)13-28-16-5-3-2-4-6-16/h2-12,14H,13H2,1H3,(H,23,24)(H2,22,26,27). The van der Waals surface area contributed by atoms with Gasteiger partial charge in [-0.2, -0.15) is 0 Å². The molecule has 10 heteroatoms. The van der Waals surface area contributed by atoms with Crippen molar-refractivity contribution < 1.29 is 31.9 Å². The number of furan rings is 1. The van der Waals surface area contributed by atoms with Crippen LogP contribution in [0.3, 0.4) is 0 Å². The maximum absolute atomic E-state index is 12.2. The van der Waals surface area contributed by atoms with E-state index < -0.39 is 28.0 Å². The third-order valence-corrected chi connectivity index (χ3v) is 5.02. The van der Waals surface area contributed by atoms with Gasteiger partial charge >= 0.3 is 5.97 Å². The van der Waals surface area contributed by atoms with Gasteiger partial charge in [-0.25, -0.2) is 18.4 Å². The van der Waals surface area contributed by atoms with E-state index in [9.17, 15) is 18.0 Å². The molecule has 0 saturated heterocycles. The summed E-state index contributed by atoms with van der Waals surface area (Å²) in [5, 5.41) is 7.55. The molecule has 0 aliphatic rings. The van der Waals surface area contributed by atoms with E-state index in [2.05, 4.69) is 5.32 Å². The third kappa shape index (κ3) is 6.17. The number of benzene rings is 2. The van der Waals surface area contributed by atoms with Crippen LogP contribution in [0.1, 0.15) is 23.2 Å². The number of anilines is 1. The fourth-order valence-electron chi connectivity index (χ4n) is 2.48. The summed E-state index contributed by atoms with van der Waals surface area (Å²) in [5.74, 6) is -0.397. The van der Waals surface area contributed by atoms with Crippen LogP contribution in [0.4, 0.5) is 5.69 Å². The van der Waals surface area contributed by atoms with Crippen molar-refractivity contribution in [2.75, 3.05) is 5.32 Å². The number of carbonyl (C=O) groups is 2. The molecular weight excluding hydrogens is 424 g/mol. The minimum Gasteiger partial charge on any atom is -0.486 e. The van der Waals surface area contributed by atoms with Crippen LogP contribution < -0.4 is 15.2 Å². The van der Waals surface area contributed by atoms with Crippen molar-refractivity contribution >= 4 is 27.6 Å². The second-order valence-electron chi connectivity index (χ2n) is 6.47. The van der Waals surface area contributed by atoms with Crippen molar-refractivity contribution in [3.05, 3.63) is 78.3 Å². The molecule has 1 unspecified atom stereocenters. The number of esters is 1. The zero-order valence-corrected chi connectivity index (χ0v) is 17.3. The van der Waals surface area contributed by atoms with E-state index in [1.807, 2.05) is 18.2 Å². The molecule has 3 N–H and O–H groups in total. The molecule has 1 heterocycles. The van der Waals surface area contributed by atoms with E-state index in [0.29, 0.717) is 17.2 Å². The third-order valence-electron chi connectivity index (χ3n) is 4.09. The minimum atomic E-state index is -3.83. The average Bonchev–Trinajstić information content (AvgIpc) is 3.22. The van der Waals surface area contributed by atoms with Gasteiger partial charge in [-0.15, -0.1) is 0 Å². The smallest absolute Gasteiger partial charge is 0.375 e. The molecule has 0 aliphatic heterocycles. The van der Waals surface area contributed by atoms with Crippen molar-refractivity contribution in [3.63, 3.8) is 0 Å². The van der Waals surface area contributed by atoms with Gasteiger partial charge in [0.2, 0.25) is 15.8 Å². The molecule has 0 saturated carbocycles. The normalized spacial score (nSPS) is 12.1. The Morgan fingerprint density at radius 3 is 2.35 bits per heavy atom. The second kappa shape index (κ2) is 9.45. The van der Waals surface area contributed by atoms with Gasteiger partial charge in [0.25, 0.3) is 5.91 Å². The Balaban J connectivity index is 1.52. The number of nitrogens with two attached hydrogens (primary N) is 1. The zero-order chi connectivity index (χ0) is 22.4. The summed E-state index contributed by atoms with van der Waals surface area (Å²) >= 11 is 0. The van der Waals surface area contributed by atoms with Crippen LogP contribution >= 0.6 is 0 Å². The van der Waals surface area contributed by atoms with Crippen LogP contribution in [-0.2, 0) is 26.2 Å². The summed E-state index contributed by atoms with van der Waals surface area (Å²) in [6.07, 6.45) is -1.13. The van der Waals surface area contributed by atoms with E-state index in [0.717, 1.165) is 0 Å². The molecule has 0 spiro atoms. The van der Waals surface area contributed by atoms with Crippen LogP contribution in [0.15, 0.2) is 76.0 Å². The van der Waals surface area contributed by atoms with Gasteiger partial charge in [-0.3, -0.25) is 4.79 Å². The average molecular weight is 444 g/mol. The molecule has 0 bridgehead atoms. The summed E-state index contributed by atoms with van der Waals surface area (Å²) in [4.78, 5) is 24.4. The van der Waals surface area contributed by atoms with Crippen LogP contribution in [-0.4, -0.2) is 26.4 Å². The van der Waals surface area contributed by atoms with E-state index >= 15 is 0 Å². The molecule has 0 radical (unpaired) electrons. The van der Waals surface area contributed by atoms with E-state index in [4.69, 9.17) is 19.0 Å². The lowest BCUT2D eigenvalue weighted by atomic mass is 10.3. The van der Waals surface area contributed by atoms with Crippen molar-refractivity contribution in [3.8, 4) is 5.75 Å². The molecule has 1 aromatic heterocycles. The van der Waals surface area contributed by atoms with Gasteiger partial charge < -0.3 is 19.2 Å². The van der Waals surface area contributed by atoms with Crippen molar-refractivity contribution in [2.45, 2.75) is 24.5 Å². The first-order chi connectivity index (χ1) is 14.7. The van der Waals surface area contributed by atoms with Crippen molar-refractivity contribution in [1.29, 1.82) is 0 Å². The molecule has 1 atom stereocenters.